The second-order valence-corrected chi connectivity index (χ2v) is 5.54. The van der Waals surface area contributed by atoms with E-state index >= 15 is 0 Å². The number of hydrogen-bond acceptors (Lipinski definition) is 2. The van der Waals surface area contributed by atoms with E-state index in [9.17, 15) is 0 Å². The Kier molecular flexibility index (Phi) is 3.93. The van der Waals surface area contributed by atoms with Gasteiger partial charge in [0.15, 0.2) is 0 Å². The molecule has 0 atom stereocenters. The molecule has 0 bridgehead atoms. The normalized spacial score (nSPS) is 10.5. The maximum Gasteiger partial charge on any atom is 0.233 e. The van der Waals surface area contributed by atoms with Crippen LogP contribution < -0.4 is 4.74 Å². The summed E-state index contributed by atoms with van der Waals surface area (Å²) in [4.78, 5) is 4.17. The SMILES string of the molecule is Cc1cc(C)c(C)c(Oc2ncc(Cl)cc2Br)c1. The van der Waals surface area contributed by atoms with Crippen LogP contribution in [0, 0.1) is 20.8 Å². The van der Waals surface area contributed by atoms with E-state index in [1.807, 2.05) is 19.9 Å². The molecule has 0 aliphatic heterocycles. The average molecular weight is 327 g/mol. The molecule has 0 N–H and O–H groups in total. The highest BCUT2D eigenvalue weighted by Crippen LogP contribution is 2.32. The number of aromatic nitrogens is 1. The minimum atomic E-state index is 0.521. The molecule has 0 aliphatic rings. The van der Waals surface area contributed by atoms with Gasteiger partial charge >= 0.3 is 0 Å². The Hall–Kier alpha value is -1.06. The lowest BCUT2D eigenvalue weighted by atomic mass is 10.1. The van der Waals surface area contributed by atoms with E-state index in [1.165, 1.54) is 5.56 Å². The number of rotatable bonds is 2. The van der Waals surface area contributed by atoms with Gasteiger partial charge in [-0.25, -0.2) is 4.98 Å². The van der Waals surface area contributed by atoms with Gasteiger partial charge in [-0.2, -0.15) is 0 Å². The quantitative estimate of drug-likeness (QED) is 0.755. The molecule has 0 saturated heterocycles. The molecule has 4 heteroatoms. The Morgan fingerprint density at radius 2 is 1.89 bits per heavy atom. The number of benzene rings is 1. The third-order valence-corrected chi connectivity index (χ3v) is 3.52. The number of hydrogen-bond donors (Lipinski definition) is 0. The average Bonchev–Trinajstić information content (AvgIpc) is 2.29. The molecule has 0 radical (unpaired) electrons. The first kappa shape index (κ1) is 13.4. The van der Waals surface area contributed by atoms with Gasteiger partial charge in [0.05, 0.1) is 9.50 Å². The first-order valence-corrected chi connectivity index (χ1v) is 6.71. The molecule has 94 valence electrons. The Balaban J connectivity index is 2.40. The fourth-order valence-electron chi connectivity index (χ4n) is 1.69. The molecule has 1 aromatic heterocycles. The highest BCUT2D eigenvalue weighted by molar-refractivity contribution is 9.10. The van der Waals surface area contributed by atoms with E-state index in [1.54, 1.807) is 12.3 Å². The molecule has 1 heterocycles. The van der Waals surface area contributed by atoms with E-state index in [0.717, 1.165) is 21.3 Å². The van der Waals surface area contributed by atoms with Crippen molar-refractivity contribution in [1.29, 1.82) is 0 Å². The predicted octanol–water partition coefficient (Wildman–Crippen LogP) is 5.22. The third-order valence-electron chi connectivity index (χ3n) is 2.74. The van der Waals surface area contributed by atoms with Crippen molar-refractivity contribution >= 4 is 27.5 Å². The zero-order chi connectivity index (χ0) is 13.3. The molecule has 2 rings (SSSR count). The van der Waals surface area contributed by atoms with Crippen molar-refractivity contribution in [1.82, 2.24) is 4.98 Å². The number of halogens is 2. The fourth-order valence-corrected chi connectivity index (χ4v) is 2.41. The minimum absolute atomic E-state index is 0.521. The van der Waals surface area contributed by atoms with Crippen LogP contribution in [0.5, 0.6) is 11.6 Å². The molecule has 0 fully saturated rings. The van der Waals surface area contributed by atoms with Gasteiger partial charge in [0.1, 0.15) is 5.75 Å². The maximum absolute atomic E-state index is 5.85. The Morgan fingerprint density at radius 3 is 2.56 bits per heavy atom. The van der Waals surface area contributed by atoms with E-state index in [4.69, 9.17) is 16.3 Å². The van der Waals surface area contributed by atoms with Crippen LogP contribution in [0.4, 0.5) is 0 Å². The van der Waals surface area contributed by atoms with Crippen LogP contribution in [0.3, 0.4) is 0 Å². The number of pyridine rings is 1. The van der Waals surface area contributed by atoms with Gasteiger partial charge in [-0.05, 0) is 65.5 Å². The van der Waals surface area contributed by atoms with Crippen molar-refractivity contribution in [3.63, 3.8) is 0 Å². The Morgan fingerprint density at radius 1 is 1.17 bits per heavy atom. The summed E-state index contributed by atoms with van der Waals surface area (Å²) in [6.07, 6.45) is 1.57. The van der Waals surface area contributed by atoms with Crippen molar-refractivity contribution in [2.24, 2.45) is 0 Å². The van der Waals surface area contributed by atoms with E-state index in [2.05, 4.69) is 33.9 Å². The third kappa shape index (κ3) is 2.85. The highest BCUT2D eigenvalue weighted by atomic mass is 79.9. The summed E-state index contributed by atoms with van der Waals surface area (Å²) in [6.45, 7) is 6.15. The molecule has 2 aromatic rings. The molecule has 2 nitrogen and oxygen atoms in total. The van der Waals surface area contributed by atoms with Gasteiger partial charge in [0.2, 0.25) is 5.88 Å². The lowest BCUT2D eigenvalue weighted by Crippen LogP contribution is -1.94. The second kappa shape index (κ2) is 5.29. The van der Waals surface area contributed by atoms with Crippen molar-refractivity contribution in [3.8, 4) is 11.6 Å². The first-order chi connectivity index (χ1) is 8.47. The minimum Gasteiger partial charge on any atom is -0.438 e. The molecule has 0 aliphatic carbocycles. The zero-order valence-electron chi connectivity index (χ0n) is 10.4. The van der Waals surface area contributed by atoms with Gasteiger partial charge in [-0.15, -0.1) is 0 Å². The molecule has 0 spiro atoms. The van der Waals surface area contributed by atoms with E-state index in [0.29, 0.717) is 10.9 Å². The van der Waals surface area contributed by atoms with Crippen LogP contribution in [0.15, 0.2) is 28.9 Å². The summed E-state index contributed by atoms with van der Waals surface area (Å²) in [5, 5.41) is 0.575. The summed E-state index contributed by atoms with van der Waals surface area (Å²) >= 11 is 9.25. The lowest BCUT2D eigenvalue weighted by molar-refractivity contribution is 0.455. The molecule has 1 aromatic carbocycles. The van der Waals surface area contributed by atoms with E-state index < -0.39 is 0 Å². The van der Waals surface area contributed by atoms with Gasteiger partial charge in [-0.3, -0.25) is 0 Å². The van der Waals surface area contributed by atoms with Crippen molar-refractivity contribution in [3.05, 3.63) is 50.6 Å². The van der Waals surface area contributed by atoms with Crippen LogP contribution in [-0.2, 0) is 0 Å². The molecular weight excluding hydrogens is 314 g/mol. The topological polar surface area (TPSA) is 22.1 Å². The van der Waals surface area contributed by atoms with Crippen LogP contribution in [0.1, 0.15) is 16.7 Å². The lowest BCUT2D eigenvalue weighted by Gasteiger charge is -2.12. The van der Waals surface area contributed by atoms with Gasteiger partial charge in [0.25, 0.3) is 0 Å². The molecule has 0 unspecified atom stereocenters. The summed E-state index contributed by atoms with van der Waals surface area (Å²) in [5.74, 6) is 1.34. The van der Waals surface area contributed by atoms with Crippen molar-refractivity contribution < 1.29 is 4.74 Å². The van der Waals surface area contributed by atoms with Crippen LogP contribution in [-0.4, -0.2) is 4.98 Å². The summed E-state index contributed by atoms with van der Waals surface area (Å²) in [7, 11) is 0. The van der Waals surface area contributed by atoms with Crippen molar-refractivity contribution in [2.75, 3.05) is 0 Å². The standard InChI is InChI=1S/C14H13BrClNO/c1-8-4-9(2)10(3)13(5-8)18-14-12(15)6-11(16)7-17-14/h4-7H,1-3H3. The first-order valence-electron chi connectivity index (χ1n) is 5.54. The maximum atomic E-state index is 5.85. The van der Waals surface area contributed by atoms with Gasteiger partial charge < -0.3 is 4.74 Å². The summed E-state index contributed by atoms with van der Waals surface area (Å²) in [6, 6.07) is 5.90. The molecular formula is C14H13BrClNO. The second-order valence-electron chi connectivity index (χ2n) is 4.25. The van der Waals surface area contributed by atoms with Gasteiger partial charge in [-0.1, -0.05) is 17.7 Å². The largest absolute Gasteiger partial charge is 0.438 e. The monoisotopic (exact) mass is 325 g/mol. The number of aryl methyl sites for hydroxylation is 2. The smallest absolute Gasteiger partial charge is 0.233 e. The number of nitrogens with zero attached hydrogens (tertiary/aromatic N) is 1. The zero-order valence-corrected chi connectivity index (χ0v) is 12.8. The van der Waals surface area contributed by atoms with Crippen LogP contribution >= 0.6 is 27.5 Å². The van der Waals surface area contributed by atoms with Crippen LogP contribution in [0.2, 0.25) is 5.02 Å². The summed E-state index contributed by atoms with van der Waals surface area (Å²) < 4.78 is 6.58. The predicted molar refractivity (Wildman–Crippen MR) is 77.7 cm³/mol. The Labute approximate surface area is 120 Å². The van der Waals surface area contributed by atoms with Gasteiger partial charge in [0, 0.05) is 6.20 Å². The Bertz CT molecular complexity index is 599. The number of ether oxygens (including phenoxy) is 1. The molecule has 0 saturated carbocycles. The van der Waals surface area contributed by atoms with Crippen molar-refractivity contribution in [2.45, 2.75) is 20.8 Å². The molecule has 18 heavy (non-hydrogen) atoms. The van der Waals surface area contributed by atoms with Crippen LogP contribution in [0.25, 0.3) is 0 Å². The van der Waals surface area contributed by atoms with E-state index in [-0.39, 0.29) is 0 Å². The summed E-state index contributed by atoms with van der Waals surface area (Å²) in [5.41, 5.74) is 3.48. The fraction of sp³-hybridized carbons (Fsp3) is 0.214. The molecule has 0 amide bonds. The highest BCUT2D eigenvalue weighted by Gasteiger charge is 2.09.